The van der Waals surface area contributed by atoms with Crippen LogP contribution in [0.15, 0.2) is 38.7 Å². The molecule has 1 aliphatic heterocycles. The molecule has 27 heavy (non-hydrogen) atoms. The Kier molecular flexibility index (Phi) is 6.33. The van der Waals surface area contributed by atoms with Crippen molar-refractivity contribution in [3.8, 4) is 0 Å². The molecule has 0 aliphatic carbocycles. The second kappa shape index (κ2) is 8.71. The summed E-state index contributed by atoms with van der Waals surface area (Å²) < 4.78 is 0.815. The molecule has 3 N–H and O–H groups in total. The van der Waals surface area contributed by atoms with Gasteiger partial charge in [0.1, 0.15) is 5.82 Å². The first kappa shape index (κ1) is 19.6. The Morgan fingerprint density at radius 3 is 2.96 bits per heavy atom. The van der Waals surface area contributed by atoms with E-state index in [-0.39, 0.29) is 23.7 Å². The molecule has 9 heteroatoms. The van der Waals surface area contributed by atoms with E-state index in [1.54, 1.807) is 18.2 Å². The summed E-state index contributed by atoms with van der Waals surface area (Å²) in [5, 5.41) is 5.83. The van der Waals surface area contributed by atoms with Crippen molar-refractivity contribution >= 4 is 51.0 Å². The molecular formula is C18H19BrN4O3S. The third-order valence-corrected chi connectivity index (χ3v) is 5.53. The van der Waals surface area contributed by atoms with E-state index in [1.807, 2.05) is 6.07 Å². The average molecular weight is 451 g/mol. The molecule has 1 aromatic heterocycles. The van der Waals surface area contributed by atoms with Crippen LogP contribution in [0.1, 0.15) is 37.7 Å². The number of carbonyl (C=O) groups excluding carboxylic acids is 2. The van der Waals surface area contributed by atoms with Crippen LogP contribution in [0.25, 0.3) is 0 Å². The summed E-state index contributed by atoms with van der Waals surface area (Å²) in [6.07, 6.45) is 1.94. The van der Waals surface area contributed by atoms with Crippen molar-refractivity contribution in [2.24, 2.45) is 0 Å². The van der Waals surface area contributed by atoms with Gasteiger partial charge in [-0.05, 0) is 24.6 Å². The molecule has 0 radical (unpaired) electrons. The fourth-order valence-electron chi connectivity index (χ4n) is 2.75. The van der Waals surface area contributed by atoms with Crippen LogP contribution < -0.4 is 16.2 Å². The SMILES string of the molecule is CCCCSc1nc2c(c(=O)[nH]1)[C@@H](C(=O)Nc1cccc(Br)c1)CC(=O)N2. The average Bonchev–Trinajstić information content (AvgIpc) is 2.61. The number of hydrogen-bond acceptors (Lipinski definition) is 5. The van der Waals surface area contributed by atoms with E-state index in [4.69, 9.17) is 0 Å². The lowest BCUT2D eigenvalue weighted by Gasteiger charge is -2.23. The highest BCUT2D eigenvalue weighted by molar-refractivity contribution is 9.10. The molecule has 1 aromatic carbocycles. The highest BCUT2D eigenvalue weighted by atomic mass is 79.9. The van der Waals surface area contributed by atoms with Gasteiger partial charge in [0.05, 0.1) is 11.5 Å². The van der Waals surface area contributed by atoms with Crippen LogP contribution in [0, 0.1) is 0 Å². The molecule has 7 nitrogen and oxygen atoms in total. The Bertz CT molecular complexity index is 931. The van der Waals surface area contributed by atoms with E-state index in [0.717, 1.165) is 23.1 Å². The number of aromatic nitrogens is 2. The first-order valence-corrected chi connectivity index (χ1v) is 10.4. The molecule has 0 bridgehead atoms. The zero-order valence-electron chi connectivity index (χ0n) is 14.7. The molecule has 0 saturated carbocycles. The van der Waals surface area contributed by atoms with Crippen molar-refractivity contribution in [1.82, 2.24) is 9.97 Å². The number of H-pyrrole nitrogens is 1. The minimum Gasteiger partial charge on any atom is -0.326 e. The third kappa shape index (κ3) is 4.78. The zero-order valence-corrected chi connectivity index (χ0v) is 17.1. The number of halogens is 1. The van der Waals surface area contributed by atoms with Crippen molar-refractivity contribution in [2.75, 3.05) is 16.4 Å². The number of rotatable bonds is 6. The number of benzene rings is 1. The Balaban J connectivity index is 1.87. The number of aromatic amines is 1. The topological polar surface area (TPSA) is 104 Å². The van der Waals surface area contributed by atoms with Crippen molar-refractivity contribution in [3.05, 3.63) is 44.7 Å². The van der Waals surface area contributed by atoms with Gasteiger partial charge in [0, 0.05) is 22.3 Å². The Morgan fingerprint density at radius 1 is 1.41 bits per heavy atom. The first-order valence-electron chi connectivity index (χ1n) is 8.61. The smallest absolute Gasteiger partial charge is 0.257 e. The predicted octanol–water partition coefficient (Wildman–Crippen LogP) is 3.49. The molecule has 3 rings (SSSR count). The van der Waals surface area contributed by atoms with Gasteiger partial charge in [-0.1, -0.05) is 47.1 Å². The first-order chi connectivity index (χ1) is 13.0. The lowest BCUT2D eigenvalue weighted by atomic mass is 9.92. The fourth-order valence-corrected chi connectivity index (χ4v) is 4.10. The summed E-state index contributed by atoms with van der Waals surface area (Å²) in [5.74, 6) is -0.650. The number of fused-ring (bicyclic) bond motifs is 1. The minimum absolute atomic E-state index is 0.0973. The normalized spacial score (nSPS) is 15.8. The summed E-state index contributed by atoms with van der Waals surface area (Å²) in [6, 6.07) is 7.11. The van der Waals surface area contributed by atoms with E-state index >= 15 is 0 Å². The van der Waals surface area contributed by atoms with E-state index in [1.165, 1.54) is 11.8 Å². The monoisotopic (exact) mass is 450 g/mol. The van der Waals surface area contributed by atoms with Gasteiger partial charge in [0.15, 0.2) is 5.16 Å². The molecule has 0 unspecified atom stereocenters. The van der Waals surface area contributed by atoms with Crippen LogP contribution in [0.3, 0.4) is 0 Å². The van der Waals surface area contributed by atoms with E-state index in [9.17, 15) is 14.4 Å². The molecule has 0 spiro atoms. The quantitative estimate of drug-likeness (QED) is 0.355. The van der Waals surface area contributed by atoms with Crippen LogP contribution in [0.4, 0.5) is 11.5 Å². The van der Waals surface area contributed by atoms with E-state index in [2.05, 4.69) is 43.5 Å². The standard InChI is InChI=1S/C18H19BrN4O3S/c1-2-3-7-27-18-22-15-14(17(26)23-18)12(9-13(24)21-15)16(25)20-11-6-4-5-10(19)8-11/h4-6,8,12H,2-3,7,9H2,1H3,(H,20,25)(H2,21,22,23,24,26)/t12-/m0/s1. The van der Waals surface area contributed by atoms with Gasteiger partial charge < -0.3 is 15.6 Å². The van der Waals surface area contributed by atoms with Crippen LogP contribution >= 0.6 is 27.7 Å². The number of nitrogens with one attached hydrogen (secondary N) is 3. The van der Waals surface area contributed by atoms with Gasteiger partial charge in [-0.25, -0.2) is 4.98 Å². The van der Waals surface area contributed by atoms with Gasteiger partial charge in [-0.2, -0.15) is 0 Å². The zero-order chi connectivity index (χ0) is 19.4. The molecule has 1 atom stereocenters. The summed E-state index contributed by atoms with van der Waals surface area (Å²) in [5.41, 5.74) is 0.383. The van der Waals surface area contributed by atoms with Gasteiger partial charge in [0.2, 0.25) is 11.8 Å². The maximum absolute atomic E-state index is 12.7. The van der Waals surface area contributed by atoms with Gasteiger partial charge in [0.25, 0.3) is 5.56 Å². The van der Waals surface area contributed by atoms with Crippen molar-refractivity contribution in [3.63, 3.8) is 0 Å². The fraction of sp³-hybridized carbons (Fsp3) is 0.333. The van der Waals surface area contributed by atoms with E-state index < -0.39 is 17.4 Å². The molecule has 0 fully saturated rings. The maximum atomic E-state index is 12.7. The minimum atomic E-state index is -0.890. The Morgan fingerprint density at radius 2 is 2.22 bits per heavy atom. The molecule has 2 amide bonds. The summed E-state index contributed by atoms with van der Waals surface area (Å²) >= 11 is 4.77. The summed E-state index contributed by atoms with van der Waals surface area (Å²) in [6.45, 7) is 2.08. The third-order valence-electron chi connectivity index (χ3n) is 4.07. The highest BCUT2D eigenvalue weighted by Crippen LogP contribution is 2.30. The number of amides is 2. The molecule has 2 aromatic rings. The van der Waals surface area contributed by atoms with Gasteiger partial charge in [-0.3, -0.25) is 14.4 Å². The van der Waals surface area contributed by atoms with Crippen LogP contribution in [-0.4, -0.2) is 27.5 Å². The highest BCUT2D eigenvalue weighted by Gasteiger charge is 2.34. The summed E-state index contributed by atoms with van der Waals surface area (Å²) in [7, 11) is 0. The lowest BCUT2D eigenvalue weighted by Crippen LogP contribution is -2.36. The number of anilines is 2. The molecule has 1 aliphatic rings. The number of carbonyl (C=O) groups is 2. The second-order valence-electron chi connectivity index (χ2n) is 6.14. The number of nitrogens with zero attached hydrogens (tertiary/aromatic N) is 1. The van der Waals surface area contributed by atoms with Gasteiger partial charge in [-0.15, -0.1) is 0 Å². The second-order valence-corrected chi connectivity index (χ2v) is 8.14. The Labute approximate surface area is 168 Å². The number of thioether (sulfide) groups is 1. The van der Waals surface area contributed by atoms with Crippen molar-refractivity contribution in [1.29, 1.82) is 0 Å². The number of hydrogen-bond donors (Lipinski definition) is 3. The van der Waals surface area contributed by atoms with Crippen LogP contribution in [0.2, 0.25) is 0 Å². The lowest BCUT2D eigenvalue weighted by molar-refractivity contribution is -0.123. The molecular weight excluding hydrogens is 432 g/mol. The van der Waals surface area contributed by atoms with Gasteiger partial charge >= 0.3 is 0 Å². The van der Waals surface area contributed by atoms with Crippen LogP contribution in [-0.2, 0) is 9.59 Å². The Hall–Kier alpha value is -2.13. The molecule has 0 saturated heterocycles. The predicted molar refractivity (Wildman–Crippen MR) is 109 cm³/mol. The summed E-state index contributed by atoms with van der Waals surface area (Å²) in [4.78, 5) is 44.5. The largest absolute Gasteiger partial charge is 0.326 e. The van der Waals surface area contributed by atoms with Crippen molar-refractivity contribution < 1.29 is 9.59 Å². The van der Waals surface area contributed by atoms with Crippen molar-refractivity contribution in [2.45, 2.75) is 37.3 Å². The molecule has 142 valence electrons. The molecule has 2 heterocycles. The maximum Gasteiger partial charge on any atom is 0.257 e. The van der Waals surface area contributed by atoms with E-state index in [0.29, 0.717) is 10.8 Å². The van der Waals surface area contributed by atoms with Crippen LogP contribution in [0.5, 0.6) is 0 Å². The number of unbranched alkanes of at least 4 members (excludes halogenated alkanes) is 1.